The molecule has 0 unspecified atom stereocenters. The number of anilines is 2. The van der Waals surface area contributed by atoms with E-state index in [1.165, 1.54) is 10.4 Å². The highest BCUT2D eigenvalue weighted by Gasteiger charge is 2.26. The van der Waals surface area contributed by atoms with Crippen molar-refractivity contribution in [2.45, 2.75) is 38.6 Å². The van der Waals surface area contributed by atoms with Gasteiger partial charge in [-0.25, -0.2) is 8.42 Å². The Morgan fingerprint density at radius 2 is 1.69 bits per heavy atom. The molecule has 0 spiro atoms. The Balaban J connectivity index is 2.26. The molecule has 0 saturated heterocycles. The van der Waals surface area contributed by atoms with Gasteiger partial charge in [0.15, 0.2) is 0 Å². The molecule has 2 rings (SSSR count). The van der Waals surface area contributed by atoms with E-state index in [1.807, 2.05) is 18.2 Å². The average Bonchev–Trinajstić information content (AvgIpc) is 2.70. The molecule has 0 radical (unpaired) electrons. The minimum Gasteiger partial charge on any atom is -0.492 e. The minimum absolute atomic E-state index is 0.0868. The Hall–Kier alpha value is -2.58. The molecular weight excluding hydrogens is 390 g/mol. The number of nitrogens with one attached hydrogen (secondary N) is 2. The van der Waals surface area contributed by atoms with Gasteiger partial charge in [0.2, 0.25) is 15.9 Å². The Morgan fingerprint density at radius 1 is 1.03 bits per heavy atom. The van der Waals surface area contributed by atoms with Crippen LogP contribution in [-0.2, 0) is 14.8 Å². The third-order valence-electron chi connectivity index (χ3n) is 4.38. The highest BCUT2D eigenvalue weighted by Crippen LogP contribution is 2.30. The molecule has 0 saturated carbocycles. The average molecular weight is 420 g/mol. The van der Waals surface area contributed by atoms with E-state index in [2.05, 4.69) is 10.6 Å². The van der Waals surface area contributed by atoms with E-state index in [0.717, 1.165) is 0 Å². The van der Waals surface area contributed by atoms with Crippen LogP contribution < -0.4 is 15.4 Å². The van der Waals surface area contributed by atoms with E-state index in [4.69, 9.17) is 4.74 Å². The first-order chi connectivity index (χ1) is 13.8. The summed E-state index contributed by atoms with van der Waals surface area (Å²) in [7, 11) is -3.71. The standard InChI is InChI=1S/C21H29N3O4S/c1-5-24(6-2)29(26,27)20-15-18(13-14-19(20)28-7-3)22-16(4)21(25)23-17-11-9-8-10-12-17/h8-16,22H,5-7H2,1-4H3,(H,23,25)/t16-/m1/s1. The van der Waals surface area contributed by atoms with Crippen LogP contribution in [0.4, 0.5) is 11.4 Å². The summed E-state index contributed by atoms with van der Waals surface area (Å²) in [6.45, 7) is 8.17. The quantitative estimate of drug-likeness (QED) is 0.615. The van der Waals surface area contributed by atoms with E-state index in [-0.39, 0.29) is 10.8 Å². The number of rotatable bonds is 10. The van der Waals surface area contributed by atoms with Gasteiger partial charge in [0.25, 0.3) is 0 Å². The van der Waals surface area contributed by atoms with Crippen molar-refractivity contribution >= 4 is 27.3 Å². The van der Waals surface area contributed by atoms with Crippen molar-refractivity contribution in [3.8, 4) is 5.75 Å². The van der Waals surface area contributed by atoms with Gasteiger partial charge in [-0.05, 0) is 44.2 Å². The lowest BCUT2D eigenvalue weighted by Crippen LogP contribution is -2.32. The van der Waals surface area contributed by atoms with Crippen molar-refractivity contribution in [2.75, 3.05) is 30.3 Å². The first kappa shape index (κ1) is 22.7. The third-order valence-corrected chi connectivity index (χ3v) is 6.46. The molecule has 1 amide bonds. The third kappa shape index (κ3) is 5.71. The Morgan fingerprint density at radius 3 is 2.28 bits per heavy atom. The smallest absolute Gasteiger partial charge is 0.246 e. The van der Waals surface area contributed by atoms with Gasteiger partial charge in [-0.1, -0.05) is 32.0 Å². The number of carbonyl (C=O) groups excluding carboxylic acids is 1. The Bertz CT molecular complexity index is 913. The summed E-state index contributed by atoms with van der Waals surface area (Å²) >= 11 is 0. The first-order valence-electron chi connectivity index (χ1n) is 9.72. The Labute approximate surface area is 173 Å². The van der Waals surface area contributed by atoms with Crippen LogP contribution in [0.3, 0.4) is 0 Å². The zero-order valence-corrected chi connectivity index (χ0v) is 18.1. The van der Waals surface area contributed by atoms with Crippen molar-refractivity contribution in [3.05, 3.63) is 48.5 Å². The summed E-state index contributed by atoms with van der Waals surface area (Å²) in [4.78, 5) is 12.5. The molecule has 8 heteroatoms. The van der Waals surface area contributed by atoms with Crippen LogP contribution in [0.1, 0.15) is 27.7 Å². The summed E-state index contributed by atoms with van der Waals surface area (Å²) in [6, 6.07) is 13.4. The molecule has 0 heterocycles. The van der Waals surface area contributed by atoms with E-state index >= 15 is 0 Å². The summed E-state index contributed by atoms with van der Waals surface area (Å²) in [5, 5.41) is 5.89. The molecule has 158 valence electrons. The van der Waals surface area contributed by atoms with Gasteiger partial charge in [0, 0.05) is 24.5 Å². The number of hydrogen-bond acceptors (Lipinski definition) is 5. The van der Waals surface area contributed by atoms with Gasteiger partial charge >= 0.3 is 0 Å². The largest absolute Gasteiger partial charge is 0.492 e. The van der Waals surface area contributed by atoms with Crippen LogP contribution in [0.15, 0.2) is 53.4 Å². The molecule has 29 heavy (non-hydrogen) atoms. The molecular formula is C21H29N3O4S. The lowest BCUT2D eigenvalue weighted by Gasteiger charge is -2.22. The summed E-state index contributed by atoms with van der Waals surface area (Å²) in [5.41, 5.74) is 1.22. The zero-order valence-electron chi connectivity index (χ0n) is 17.3. The number of ether oxygens (including phenoxy) is 1. The lowest BCUT2D eigenvalue weighted by molar-refractivity contribution is -0.116. The number of amides is 1. The van der Waals surface area contributed by atoms with Crippen LogP contribution in [0.5, 0.6) is 5.75 Å². The van der Waals surface area contributed by atoms with Gasteiger partial charge < -0.3 is 15.4 Å². The highest BCUT2D eigenvalue weighted by atomic mass is 32.2. The van der Waals surface area contributed by atoms with Crippen molar-refractivity contribution in [1.82, 2.24) is 4.31 Å². The molecule has 0 bridgehead atoms. The summed E-state index contributed by atoms with van der Waals surface area (Å²) in [5.74, 6) is 0.0737. The maximum absolute atomic E-state index is 13.0. The van der Waals surface area contributed by atoms with Crippen molar-refractivity contribution in [1.29, 1.82) is 0 Å². The fraction of sp³-hybridized carbons (Fsp3) is 0.381. The van der Waals surface area contributed by atoms with Crippen LogP contribution in [-0.4, -0.2) is 44.4 Å². The number of carbonyl (C=O) groups is 1. The van der Waals surface area contributed by atoms with E-state index in [1.54, 1.807) is 52.0 Å². The molecule has 0 aromatic heterocycles. The van der Waals surface area contributed by atoms with E-state index < -0.39 is 16.1 Å². The molecule has 7 nitrogen and oxygen atoms in total. The van der Waals surface area contributed by atoms with Gasteiger partial charge in [-0.3, -0.25) is 4.79 Å². The van der Waals surface area contributed by atoms with Gasteiger partial charge in [-0.15, -0.1) is 0 Å². The fourth-order valence-electron chi connectivity index (χ4n) is 2.86. The van der Waals surface area contributed by atoms with Gasteiger partial charge in [-0.2, -0.15) is 4.31 Å². The van der Waals surface area contributed by atoms with Gasteiger partial charge in [0.05, 0.1) is 6.61 Å². The molecule has 0 aliphatic carbocycles. The van der Waals surface area contributed by atoms with Crippen LogP contribution in [0, 0.1) is 0 Å². The molecule has 2 N–H and O–H groups in total. The number of para-hydroxylation sites is 1. The second-order valence-corrected chi connectivity index (χ2v) is 8.31. The van der Waals surface area contributed by atoms with Crippen molar-refractivity contribution in [3.63, 3.8) is 0 Å². The summed E-state index contributed by atoms with van der Waals surface area (Å²) in [6.07, 6.45) is 0. The first-order valence-corrected chi connectivity index (χ1v) is 11.2. The fourth-order valence-corrected chi connectivity index (χ4v) is 4.48. The maximum atomic E-state index is 13.0. The van der Waals surface area contributed by atoms with E-state index in [0.29, 0.717) is 36.8 Å². The minimum atomic E-state index is -3.71. The summed E-state index contributed by atoms with van der Waals surface area (Å²) < 4.78 is 33.0. The molecule has 0 aliphatic rings. The van der Waals surface area contributed by atoms with Crippen molar-refractivity contribution < 1.29 is 17.9 Å². The molecule has 0 aliphatic heterocycles. The molecule has 1 atom stereocenters. The molecule has 0 fully saturated rings. The molecule has 2 aromatic carbocycles. The molecule has 2 aromatic rings. The SMILES string of the molecule is CCOc1ccc(N[C@H](C)C(=O)Nc2ccccc2)cc1S(=O)(=O)N(CC)CC. The Kier molecular flexibility index (Phi) is 8.04. The van der Waals surface area contributed by atoms with E-state index in [9.17, 15) is 13.2 Å². The number of benzene rings is 2. The van der Waals surface area contributed by atoms with Crippen LogP contribution in [0.2, 0.25) is 0 Å². The number of nitrogens with zero attached hydrogens (tertiary/aromatic N) is 1. The van der Waals surface area contributed by atoms with Gasteiger partial charge in [0.1, 0.15) is 16.7 Å². The predicted octanol–water partition coefficient (Wildman–Crippen LogP) is 3.55. The number of sulfonamides is 1. The van der Waals surface area contributed by atoms with Crippen LogP contribution >= 0.6 is 0 Å². The zero-order chi connectivity index (χ0) is 21.4. The van der Waals surface area contributed by atoms with Crippen molar-refractivity contribution in [2.24, 2.45) is 0 Å². The predicted molar refractivity (Wildman–Crippen MR) is 116 cm³/mol. The highest BCUT2D eigenvalue weighted by molar-refractivity contribution is 7.89. The normalized spacial score (nSPS) is 12.4. The number of hydrogen-bond donors (Lipinski definition) is 2. The topological polar surface area (TPSA) is 87.7 Å². The lowest BCUT2D eigenvalue weighted by atomic mass is 10.2. The maximum Gasteiger partial charge on any atom is 0.246 e. The second-order valence-electron chi connectivity index (χ2n) is 6.41. The van der Waals surface area contributed by atoms with Crippen LogP contribution in [0.25, 0.3) is 0 Å². The monoisotopic (exact) mass is 419 g/mol. The second kappa shape index (κ2) is 10.3.